The number of nitrogens with zero attached hydrogens (tertiary/aromatic N) is 4. The number of hydrogen-bond donors (Lipinski definition) is 1. The lowest BCUT2D eigenvalue weighted by Crippen LogP contribution is -2.38. The zero-order valence-corrected chi connectivity index (χ0v) is 14.7. The predicted molar refractivity (Wildman–Crippen MR) is 87.9 cm³/mol. The van der Waals surface area contributed by atoms with Crippen molar-refractivity contribution in [3.8, 4) is 6.01 Å². The van der Waals surface area contributed by atoms with Gasteiger partial charge in [0.05, 0.1) is 12.0 Å². The van der Waals surface area contributed by atoms with Crippen molar-refractivity contribution in [1.29, 1.82) is 0 Å². The van der Waals surface area contributed by atoms with Gasteiger partial charge in [-0.1, -0.05) is 12.2 Å². The molecule has 0 saturated heterocycles. The van der Waals surface area contributed by atoms with Gasteiger partial charge in [0.2, 0.25) is 5.95 Å². The Hall–Kier alpha value is -2.49. The Morgan fingerprint density at radius 2 is 1.88 bits per heavy atom. The molecule has 9 nitrogen and oxygen atoms in total. The highest BCUT2D eigenvalue weighted by atomic mass is 32.2. The van der Waals surface area contributed by atoms with Gasteiger partial charge in [0.15, 0.2) is 0 Å². The van der Waals surface area contributed by atoms with Crippen molar-refractivity contribution in [1.82, 2.24) is 19.3 Å². The predicted octanol–water partition coefficient (Wildman–Crippen LogP) is 1.61. The summed E-state index contributed by atoms with van der Waals surface area (Å²) >= 11 is 0. The number of methoxy groups -OCH3 is 1. The standard InChI is InChI=1S/C14H19N5O4S/c1-9-7-5-6-8-11(9)24(21,22)19(3)14(20)18-12-15-10(2)16-13(17-12)23-4/h7-8H,5-6H2,1-4H3,(H,15,16,17,18,20). The number of nitrogens with one attached hydrogen (secondary N) is 1. The third kappa shape index (κ3) is 3.70. The average molecular weight is 353 g/mol. The molecular formula is C14H19N5O4S. The van der Waals surface area contributed by atoms with E-state index in [9.17, 15) is 13.2 Å². The molecule has 0 unspecified atom stereocenters. The molecule has 0 saturated carbocycles. The van der Waals surface area contributed by atoms with Gasteiger partial charge in [-0.25, -0.2) is 17.5 Å². The maximum atomic E-state index is 12.6. The molecule has 24 heavy (non-hydrogen) atoms. The first kappa shape index (κ1) is 17.9. The summed E-state index contributed by atoms with van der Waals surface area (Å²) in [4.78, 5) is 24.1. The molecule has 1 heterocycles. The van der Waals surface area contributed by atoms with E-state index in [1.165, 1.54) is 14.2 Å². The van der Waals surface area contributed by atoms with Crippen LogP contribution in [0.25, 0.3) is 0 Å². The second-order valence-electron chi connectivity index (χ2n) is 5.13. The van der Waals surface area contributed by atoms with Gasteiger partial charge in [0.25, 0.3) is 10.0 Å². The monoisotopic (exact) mass is 353 g/mol. The first-order valence-electron chi connectivity index (χ1n) is 7.19. The van der Waals surface area contributed by atoms with Crippen LogP contribution in [0.4, 0.5) is 10.7 Å². The lowest BCUT2D eigenvalue weighted by Gasteiger charge is -2.21. The van der Waals surface area contributed by atoms with Crippen molar-refractivity contribution in [2.75, 3.05) is 19.5 Å². The summed E-state index contributed by atoms with van der Waals surface area (Å²) in [5, 5.41) is 2.34. The first-order valence-corrected chi connectivity index (χ1v) is 8.63. The SMILES string of the molecule is COc1nc(C)nc(NC(=O)N(C)S(=O)(=O)C2=CCCC=C2C)n1. The Balaban J connectivity index is 2.22. The molecule has 1 aliphatic rings. The van der Waals surface area contributed by atoms with E-state index >= 15 is 0 Å². The number of rotatable bonds is 4. The summed E-state index contributed by atoms with van der Waals surface area (Å²) < 4.78 is 30.7. The molecule has 0 radical (unpaired) electrons. The van der Waals surface area contributed by atoms with Crippen molar-refractivity contribution in [2.24, 2.45) is 0 Å². The number of carbonyl (C=O) groups is 1. The van der Waals surface area contributed by atoms with Gasteiger partial charge in [-0.05, 0) is 32.3 Å². The number of aromatic nitrogens is 3. The Morgan fingerprint density at radius 3 is 2.50 bits per heavy atom. The molecule has 1 aromatic rings. The van der Waals surface area contributed by atoms with E-state index in [1.54, 1.807) is 19.9 Å². The van der Waals surface area contributed by atoms with Gasteiger partial charge in [-0.3, -0.25) is 5.32 Å². The number of allylic oxidation sites excluding steroid dienone is 3. The maximum absolute atomic E-state index is 12.6. The molecule has 1 N–H and O–H groups in total. The number of hydrogen-bond acceptors (Lipinski definition) is 7. The highest BCUT2D eigenvalue weighted by Gasteiger charge is 2.30. The summed E-state index contributed by atoms with van der Waals surface area (Å²) in [5.41, 5.74) is 0.624. The third-order valence-electron chi connectivity index (χ3n) is 3.39. The van der Waals surface area contributed by atoms with Crippen molar-refractivity contribution in [2.45, 2.75) is 26.7 Å². The van der Waals surface area contributed by atoms with Crippen LogP contribution in [0.1, 0.15) is 25.6 Å². The Bertz CT molecular complexity index is 816. The summed E-state index contributed by atoms with van der Waals surface area (Å²) in [7, 11) is -1.39. The third-order valence-corrected chi connectivity index (χ3v) is 5.32. The number of aryl methyl sites for hydroxylation is 1. The normalized spacial score (nSPS) is 14.5. The largest absolute Gasteiger partial charge is 0.467 e. The highest BCUT2D eigenvalue weighted by molar-refractivity contribution is 7.93. The van der Waals surface area contributed by atoms with Crippen molar-refractivity contribution >= 4 is 22.0 Å². The summed E-state index contributed by atoms with van der Waals surface area (Å²) in [5.74, 6) is 0.243. The van der Waals surface area contributed by atoms with E-state index in [1.807, 2.05) is 6.08 Å². The fourth-order valence-electron chi connectivity index (χ4n) is 2.12. The molecule has 1 aromatic heterocycles. The summed E-state index contributed by atoms with van der Waals surface area (Å²) in [6, 6.07) is -0.848. The molecule has 130 valence electrons. The van der Waals surface area contributed by atoms with Crippen LogP contribution in [-0.2, 0) is 10.0 Å². The molecule has 2 rings (SSSR count). The van der Waals surface area contributed by atoms with Gasteiger partial charge in [-0.15, -0.1) is 0 Å². The van der Waals surface area contributed by atoms with Gasteiger partial charge >= 0.3 is 12.0 Å². The lowest BCUT2D eigenvalue weighted by atomic mass is 10.1. The fraction of sp³-hybridized carbons (Fsp3) is 0.429. The number of anilines is 1. The van der Waals surface area contributed by atoms with E-state index in [4.69, 9.17) is 4.74 Å². The van der Waals surface area contributed by atoms with Crippen molar-refractivity contribution in [3.63, 3.8) is 0 Å². The van der Waals surface area contributed by atoms with E-state index in [-0.39, 0.29) is 16.9 Å². The summed E-state index contributed by atoms with van der Waals surface area (Å²) in [6.45, 7) is 3.30. The molecule has 10 heteroatoms. The lowest BCUT2D eigenvalue weighted by molar-refractivity contribution is 0.240. The fourth-order valence-corrected chi connectivity index (χ4v) is 3.50. The Kier molecular flexibility index (Phi) is 5.17. The second-order valence-corrected chi connectivity index (χ2v) is 7.07. The maximum Gasteiger partial charge on any atom is 0.337 e. The zero-order chi connectivity index (χ0) is 17.9. The summed E-state index contributed by atoms with van der Waals surface area (Å²) in [6.07, 6.45) is 4.85. The van der Waals surface area contributed by atoms with Crippen LogP contribution in [0.5, 0.6) is 6.01 Å². The minimum atomic E-state index is -3.94. The van der Waals surface area contributed by atoms with Crippen LogP contribution in [0, 0.1) is 6.92 Å². The zero-order valence-electron chi connectivity index (χ0n) is 13.9. The molecular weight excluding hydrogens is 334 g/mol. The number of ether oxygens (including phenoxy) is 1. The van der Waals surface area contributed by atoms with E-state index in [0.29, 0.717) is 22.1 Å². The van der Waals surface area contributed by atoms with Crippen LogP contribution in [0.2, 0.25) is 0 Å². The molecule has 0 fully saturated rings. The molecule has 0 bridgehead atoms. The molecule has 2 amide bonds. The molecule has 0 atom stereocenters. The topological polar surface area (TPSA) is 114 Å². The second kappa shape index (κ2) is 6.95. The molecule has 0 spiro atoms. The van der Waals surface area contributed by atoms with Gasteiger partial charge in [0.1, 0.15) is 5.82 Å². The average Bonchev–Trinajstić information content (AvgIpc) is 2.53. The smallest absolute Gasteiger partial charge is 0.337 e. The van der Waals surface area contributed by atoms with Crippen LogP contribution < -0.4 is 10.1 Å². The minimum Gasteiger partial charge on any atom is -0.467 e. The van der Waals surface area contributed by atoms with Gasteiger partial charge in [-0.2, -0.15) is 15.0 Å². The molecule has 0 aromatic carbocycles. The van der Waals surface area contributed by atoms with Gasteiger partial charge < -0.3 is 4.74 Å². The van der Waals surface area contributed by atoms with Gasteiger partial charge in [0, 0.05) is 7.05 Å². The minimum absolute atomic E-state index is 0.0251. The Labute approximate surface area is 140 Å². The number of urea groups is 1. The van der Waals surface area contributed by atoms with Crippen LogP contribution in [-0.4, -0.2) is 47.9 Å². The highest BCUT2D eigenvalue weighted by Crippen LogP contribution is 2.25. The van der Waals surface area contributed by atoms with Crippen molar-refractivity contribution < 1.29 is 17.9 Å². The molecule has 0 aliphatic heterocycles. The number of sulfonamides is 1. The molecule has 1 aliphatic carbocycles. The quantitative estimate of drug-likeness (QED) is 0.874. The van der Waals surface area contributed by atoms with E-state index < -0.39 is 16.1 Å². The van der Waals surface area contributed by atoms with Crippen LogP contribution in [0.15, 0.2) is 22.6 Å². The van der Waals surface area contributed by atoms with E-state index in [2.05, 4.69) is 20.3 Å². The van der Waals surface area contributed by atoms with Crippen LogP contribution >= 0.6 is 0 Å². The number of amides is 2. The Morgan fingerprint density at radius 1 is 1.21 bits per heavy atom. The first-order chi connectivity index (χ1) is 11.3. The van der Waals surface area contributed by atoms with Crippen LogP contribution in [0.3, 0.4) is 0 Å². The number of carbonyl (C=O) groups excluding carboxylic acids is 1. The van der Waals surface area contributed by atoms with Crippen molar-refractivity contribution in [3.05, 3.63) is 28.5 Å². The van der Waals surface area contributed by atoms with E-state index in [0.717, 1.165) is 6.42 Å².